The van der Waals surface area contributed by atoms with Gasteiger partial charge in [-0.1, -0.05) is 31.5 Å². The van der Waals surface area contributed by atoms with E-state index in [9.17, 15) is 14.4 Å². The molecule has 1 aromatic carbocycles. The number of ether oxygens (including phenoxy) is 1. The molecule has 3 rings (SSSR count). The zero-order valence-electron chi connectivity index (χ0n) is 20.5. The monoisotopic (exact) mass is 499 g/mol. The van der Waals surface area contributed by atoms with Crippen LogP contribution in [0.5, 0.6) is 5.75 Å². The number of aromatic nitrogens is 3. The molecule has 2 amide bonds. The second-order valence-corrected chi connectivity index (χ2v) is 9.37. The number of carbonyl (C=O) groups excluding carboxylic acids is 2. The van der Waals surface area contributed by atoms with Crippen molar-refractivity contribution in [3.05, 3.63) is 69.2 Å². The quantitative estimate of drug-likeness (QED) is 0.466. The molecule has 2 heterocycles. The molecular formula is C25H30ClN5O4. The summed E-state index contributed by atoms with van der Waals surface area (Å²) in [5.74, 6) is 0.218. The van der Waals surface area contributed by atoms with Crippen LogP contribution in [-0.4, -0.2) is 39.3 Å². The standard InChI is InChI=1S/C25H30ClN5O4/c1-6-35-19-11-10-17(26)13-18(19)23(33)28-15-25(3,4)14-21(32)29-22-16(2)30(5)31(24(22)34)20-9-7-8-12-27-20/h7-13H,6,14-15H2,1-5H3,(H,28,33)(H,29,32). The van der Waals surface area contributed by atoms with Crippen LogP contribution in [0.15, 0.2) is 47.4 Å². The molecule has 0 atom stereocenters. The van der Waals surface area contributed by atoms with Gasteiger partial charge in [-0.15, -0.1) is 0 Å². The Labute approximate surface area is 209 Å². The molecular weight excluding hydrogens is 470 g/mol. The summed E-state index contributed by atoms with van der Waals surface area (Å²) in [5, 5.41) is 6.03. The first-order valence-electron chi connectivity index (χ1n) is 11.2. The van der Waals surface area contributed by atoms with E-state index in [4.69, 9.17) is 16.3 Å². The molecule has 0 aliphatic rings. The van der Waals surface area contributed by atoms with Gasteiger partial charge < -0.3 is 15.4 Å². The van der Waals surface area contributed by atoms with Crippen LogP contribution in [0.4, 0.5) is 5.69 Å². The number of nitrogens with one attached hydrogen (secondary N) is 2. The van der Waals surface area contributed by atoms with Gasteiger partial charge in [-0.2, -0.15) is 4.68 Å². The van der Waals surface area contributed by atoms with Gasteiger partial charge in [0, 0.05) is 31.2 Å². The lowest BCUT2D eigenvalue weighted by Gasteiger charge is -2.24. The largest absolute Gasteiger partial charge is 0.493 e. The summed E-state index contributed by atoms with van der Waals surface area (Å²) >= 11 is 6.05. The molecule has 186 valence electrons. The van der Waals surface area contributed by atoms with E-state index in [1.54, 1.807) is 61.2 Å². The van der Waals surface area contributed by atoms with Crippen LogP contribution in [0.3, 0.4) is 0 Å². The van der Waals surface area contributed by atoms with Crippen LogP contribution in [0, 0.1) is 12.3 Å². The number of halogens is 1. The van der Waals surface area contributed by atoms with Crippen molar-refractivity contribution in [2.24, 2.45) is 12.5 Å². The predicted molar refractivity (Wildman–Crippen MR) is 136 cm³/mol. The van der Waals surface area contributed by atoms with Crippen LogP contribution in [-0.2, 0) is 11.8 Å². The Morgan fingerprint density at radius 1 is 1.20 bits per heavy atom. The normalized spacial score (nSPS) is 11.3. The third-order valence-electron chi connectivity index (χ3n) is 5.54. The van der Waals surface area contributed by atoms with Crippen molar-refractivity contribution in [3.8, 4) is 11.6 Å². The maximum atomic E-state index is 13.0. The number of hydrogen-bond donors (Lipinski definition) is 2. The second-order valence-electron chi connectivity index (χ2n) is 8.93. The number of anilines is 1. The Balaban J connectivity index is 1.68. The third kappa shape index (κ3) is 6.10. The maximum Gasteiger partial charge on any atom is 0.296 e. The summed E-state index contributed by atoms with van der Waals surface area (Å²) in [6.45, 7) is 7.94. The lowest BCUT2D eigenvalue weighted by atomic mass is 9.88. The molecule has 0 fully saturated rings. The van der Waals surface area contributed by atoms with Crippen LogP contribution in [0.2, 0.25) is 5.02 Å². The number of nitrogens with zero attached hydrogens (tertiary/aromatic N) is 3. The van der Waals surface area contributed by atoms with Crippen LogP contribution >= 0.6 is 11.6 Å². The van der Waals surface area contributed by atoms with E-state index >= 15 is 0 Å². The number of pyridine rings is 1. The zero-order chi connectivity index (χ0) is 25.8. The van der Waals surface area contributed by atoms with E-state index in [1.807, 2.05) is 20.8 Å². The Kier molecular flexibility index (Phi) is 8.01. The smallest absolute Gasteiger partial charge is 0.296 e. The Morgan fingerprint density at radius 3 is 2.60 bits per heavy atom. The fraction of sp³-hybridized carbons (Fsp3) is 0.360. The van der Waals surface area contributed by atoms with Gasteiger partial charge in [0.25, 0.3) is 11.5 Å². The van der Waals surface area contributed by atoms with Crippen molar-refractivity contribution < 1.29 is 14.3 Å². The van der Waals surface area contributed by atoms with E-state index < -0.39 is 5.41 Å². The molecule has 35 heavy (non-hydrogen) atoms. The summed E-state index contributed by atoms with van der Waals surface area (Å²) < 4.78 is 8.57. The maximum absolute atomic E-state index is 13.0. The summed E-state index contributed by atoms with van der Waals surface area (Å²) in [6, 6.07) is 10.1. The lowest BCUT2D eigenvalue weighted by molar-refractivity contribution is -0.118. The molecule has 10 heteroatoms. The topological polar surface area (TPSA) is 107 Å². The molecule has 0 aliphatic carbocycles. The van der Waals surface area contributed by atoms with E-state index in [-0.39, 0.29) is 36.0 Å². The molecule has 0 unspecified atom stereocenters. The number of rotatable bonds is 9. The molecule has 2 N–H and O–H groups in total. The van der Waals surface area contributed by atoms with Crippen molar-refractivity contribution in [2.45, 2.75) is 34.1 Å². The molecule has 0 saturated heterocycles. The number of carbonyl (C=O) groups is 2. The van der Waals surface area contributed by atoms with Crippen molar-refractivity contribution in [3.63, 3.8) is 0 Å². The van der Waals surface area contributed by atoms with Crippen molar-refractivity contribution in [2.75, 3.05) is 18.5 Å². The Hall–Kier alpha value is -3.59. The van der Waals surface area contributed by atoms with Gasteiger partial charge in [-0.25, -0.2) is 4.98 Å². The Morgan fingerprint density at radius 2 is 1.94 bits per heavy atom. The first-order valence-corrected chi connectivity index (χ1v) is 11.6. The van der Waals surface area contributed by atoms with E-state index in [2.05, 4.69) is 15.6 Å². The van der Waals surface area contributed by atoms with Gasteiger partial charge in [0.2, 0.25) is 5.91 Å². The van der Waals surface area contributed by atoms with Gasteiger partial charge in [0.1, 0.15) is 11.4 Å². The minimum atomic E-state index is -0.590. The molecule has 3 aromatic rings. The fourth-order valence-corrected chi connectivity index (χ4v) is 3.82. The predicted octanol–water partition coefficient (Wildman–Crippen LogP) is 3.72. The molecule has 2 aromatic heterocycles. The summed E-state index contributed by atoms with van der Waals surface area (Å²) in [6.07, 6.45) is 1.68. The van der Waals surface area contributed by atoms with Gasteiger partial charge in [-0.3, -0.25) is 19.1 Å². The highest BCUT2D eigenvalue weighted by Gasteiger charge is 2.26. The minimum absolute atomic E-state index is 0.0818. The number of benzene rings is 1. The van der Waals surface area contributed by atoms with E-state index in [1.165, 1.54) is 4.68 Å². The number of amides is 2. The van der Waals surface area contributed by atoms with Crippen LogP contribution in [0.1, 0.15) is 43.2 Å². The molecule has 0 spiro atoms. The molecule has 0 saturated carbocycles. The Bertz CT molecular complexity index is 1280. The van der Waals surface area contributed by atoms with Gasteiger partial charge in [0.05, 0.1) is 17.9 Å². The van der Waals surface area contributed by atoms with Crippen LogP contribution < -0.4 is 20.9 Å². The molecule has 0 radical (unpaired) electrons. The summed E-state index contributed by atoms with van der Waals surface area (Å²) in [7, 11) is 1.73. The van der Waals surface area contributed by atoms with Crippen LogP contribution in [0.25, 0.3) is 5.82 Å². The summed E-state index contributed by atoms with van der Waals surface area (Å²) in [5.41, 5.74) is 0.169. The van der Waals surface area contributed by atoms with Crippen molar-refractivity contribution in [1.29, 1.82) is 0 Å². The van der Waals surface area contributed by atoms with Crippen molar-refractivity contribution in [1.82, 2.24) is 19.7 Å². The average Bonchev–Trinajstić information content (AvgIpc) is 3.02. The third-order valence-corrected chi connectivity index (χ3v) is 5.77. The highest BCUT2D eigenvalue weighted by molar-refractivity contribution is 6.31. The number of hydrogen-bond acceptors (Lipinski definition) is 5. The lowest BCUT2D eigenvalue weighted by Crippen LogP contribution is -2.37. The SMILES string of the molecule is CCOc1ccc(Cl)cc1C(=O)NCC(C)(C)CC(=O)Nc1c(C)n(C)n(-c2ccccn2)c1=O. The zero-order valence-corrected chi connectivity index (χ0v) is 21.3. The van der Waals surface area contributed by atoms with Gasteiger partial charge in [0.15, 0.2) is 5.82 Å². The molecule has 9 nitrogen and oxygen atoms in total. The first-order chi connectivity index (χ1) is 16.5. The highest BCUT2D eigenvalue weighted by atomic mass is 35.5. The summed E-state index contributed by atoms with van der Waals surface area (Å²) in [4.78, 5) is 42.9. The molecule has 0 aliphatic heterocycles. The fourth-order valence-electron chi connectivity index (χ4n) is 3.65. The average molecular weight is 500 g/mol. The van der Waals surface area contributed by atoms with E-state index in [0.29, 0.717) is 34.5 Å². The second kappa shape index (κ2) is 10.8. The van der Waals surface area contributed by atoms with Crippen molar-refractivity contribution >= 4 is 29.1 Å². The highest BCUT2D eigenvalue weighted by Crippen LogP contribution is 2.25. The van der Waals surface area contributed by atoms with E-state index in [0.717, 1.165) is 0 Å². The van der Waals surface area contributed by atoms with Gasteiger partial charge in [-0.05, 0) is 49.6 Å². The molecule has 0 bridgehead atoms. The minimum Gasteiger partial charge on any atom is -0.493 e. The van der Waals surface area contributed by atoms with Gasteiger partial charge >= 0.3 is 0 Å². The first kappa shape index (κ1) is 26.0.